The summed E-state index contributed by atoms with van der Waals surface area (Å²) < 4.78 is 41.6. The first-order chi connectivity index (χ1) is 14.3. The lowest BCUT2D eigenvalue weighted by Gasteiger charge is -2.22. The number of hydrogen-bond donors (Lipinski definition) is 1. The molecular weight excluding hydrogens is 421 g/mol. The van der Waals surface area contributed by atoms with E-state index >= 15 is 0 Å². The number of benzene rings is 2. The van der Waals surface area contributed by atoms with Gasteiger partial charge in [0.2, 0.25) is 11.9 Å². The van der Waals surface area contributed by atoms with Crippen molar-refractivity contribution >= 4 is 34.4 Å². The lowest BCUT2D eigenvalue weighted by molar-refractivity contribution is -0.116. The average Bonchev–Trinajstić information content (AvgIpc) is 3.19. The van der Waals surface area contributed by atoms with Gasteiger partial charge in [0.1, 0.15) is 17.5 Å². The van der Waals surface area contributed by atoms with Crippen LogP contribution in [0.25, 0.3) is 10.9 Å². The van der Waals surface area contributed by atoms with Gasteiger partial charge in [0.15, 0.2) is 0 Å². The Balaban J connectivity index is 1.74. The highest BCUT2D eigenvalue weighted by Gasteiger charge is 2.22. The first-order valence-corrected chi connectivity index (χ1v) is 9.61. The largest absolute Gasteiger partial charge is 0.341 e. The number of aromatic nitrogens is 2. The molecule has 1 aliphatic rings. The van der Waals surface area contributed by atoms with Crippen LogP contribution < -0.4 is 15.9 Å². The molecule has 0 spiro atoms. The number of amides is 1. The molecule has 2 heterocycles. The monoisotopic (exact) mass is 436 g/mol. The highest BCUT2D eigenvalue weighted by molar-refractivity contribution is 6.31. The first-order valence-electron chi connectivity index (χ1n) is 9.23. The molecule has 156 valence electrons. The summed E-state index contributed by atoms with van der Waals surface area (Å²) in [5.41, 5.74) is 2.05. The topological polar surface area (TPSA) is 67.2 Å². The van der Waals surface area contributed by atoms with Crippen LogP contribution >= 0.6 is 11.6 Å². The smallest absolute Gasteiger partial charge is 0.281 e. The van der Waals surface area contributed by atoms with Crippen LogP contribution in [0.1, 0.15) is 18.4 Å². The van der Waals surface area contributed by atoms with E-state index in [1.165, 1.54) is 6.07 Å². The molecule has 0 bridgehead atoms. The van der Waals surface area contributed by atoms with E-state index in [1.54, 1.807) is 0 Å². The number of nitrogens with one attached hydrogen (secondary N) is 1. The van der Waals surface area contributed by atoms with Gasteiger partial charge >= 0.3 is 0 Å². The number of carbonyl (C=O) groups is 1. The summed E-state index contributed by atoms with van der Waals surface area (Å²) >= 11 is 5.82. The van der Waals surface area contributed by atoms with E-state index in [-0.39, 0.29) is 33.9 Å². The molecule has 30 heavy (non-hydrogen) atoms. The van der Waals surface area contributed by atoms with Crippen LogP contribution in [0.3, 0.4) is 0 Å². The molecule has 4 rings (SSSR count). The van der Waals surface area contributed by atoms with E-state index in [4.69, 9.17) is 11.6 Å². The van der Waals surface area contributed by atoms with Crippen molar-refractivity contribution in [2.75, 3.05) is 23.4 Å². The Hall–Kier alpha value is -3.07. The van der Waals surface area contributed by atoms with Crippen LogP contribution in [-0.4, -0.2) is 28.7 Å². The van der Waals surface area contributed by atoms with E-state index < -0.39 is 28.9 Å². The van der Waals surface area contributed by atoms with E-state index in [1.807, 2.05) is 4.90 Å². The summed E-state index contributed by atoms with van der Waals surface area (Å²) in [4.78, 5) is 31.8. The molecule has 0 unspecified atom stereocenters. The highest BCUT2D eigenvalue weighted by atomic mass is 35.5. The van der Waals surface area contributed by atoms with Crippen LogP contribution in [0.4, 0.5) is 19.1 Å². The minimum absolute atomic E-state index is 0.0584. The number of fused-ring (bicyclic) bond motifs is 1. The predicted octanol–water partition coefficient (Wildman–Crippen LogP) is 3.38. The number of nitrogens with zero attached hydrogens (tertiary/aromatic N) is 3. The van der Waals surface area contributed by atoms with Crippen LogP contribution in [0.15, 0.2) is 35.1 Å². The van der Waals surface area contributed by atoms with Crippen molar-refractivity contribution in [2.24, 2.45) is 0 Å². The summed E-state index contributed by atoms with van der Waals surface area (Å²) in [6, 6.07) is 4.98. The maximum Gasteiger partial charge on any atom is 0.281 e. The molecule has 0 atom stereocenters. The third-order valence-corrected chi connectivity index (χ3v) is 5.09. The van der Waals surface area contributed by atoms with E-state index in [0.29, 0.717) is 19.2 Å². The van der Waals surface area contributed by atoms with Gasteiger partial charge in [-0.1, -0.05) is 11.6 Å². The number of hydrogen-bond acceptors (Lipinski definition) is 4. The fourth-order valence-corrected chi connectivity index (χ4v) is 3.62. The zero-order valence-corrected chi connectivity index (χ0v) is 16.3. The maximum absolute atomic E-state index is 13.9. The summed E-state index contributed by atoms with van der Waals surface area (Å²) in [5.74, 6) is -2.91. The molecule has 1 fully saturated rings. The lowest BCUT2D eigenvalue weighted by Crippen LogP contribution is -2.39. The standard InChI is InChI=1S/C20H16ClF3N4O2/c21-15-10-17-14(9-16(15)24)19(30)28(20(25-17)27-3-1-2-4-27)26-18(29)7-11-5-12(22)8-13(23)6-11/h5-6,8-10H,1-4,7H2,(H,26,29). The summed E-state index contributed by atoms with van der Waals surface area (Å²) in [6.45, 7) is 1.25. The molecule has 10 heteroatoms. The second-order valence-corrected chi connectivity index (χ2v) is 7.43. The van der Waals surface area contributed by atoms with Gasteiger partial charge in [-0.3, -0.25) is 15.0 Å². The van der Waals surface area contributed by atoms with E-state index in [9.17, 15) is 22.8 Å². The minimum Gasteiger partial charge on any atom is -0.341 e. The maximum atomic E-state index is 13.9. The van der Waals surface area contributed by atoms with Gasteiger partial charge in [-0.15, -0.1) is 0 Å². The molecule has 1 N–H and O–H groups in total. The fourth-order valence-electron chi connectivity index (χ4n) is 3.46. The highest BCUT2D eigenvalue weighted by Crippen LogP contribution is 2.23. The van der Waals surface area contributed by atoms with Crippen molar-refractivity contribution < 1.29 is 18.0 Å². The number of rotatable bonds is 4. The third kappa shape index (κ3) is 3.97. The Bertz CT molecular complexity index is 1190. The van der Waals surface area contributed by atoms with Crippen LogP contribution in [-0.2, 0) is 11.2 Å². The van der Waals surface area contributed by atoms with Crippen molar-refractivity contribution in [3.05, 3.63) is 68.7 Å². The van der Waals surface area contributed by atoms with Gasteiger partial charge in [0, 0.05) is 19.2 Å². The van der Waals surface area contributed by atoms with Gasteiger partial charge in [0.25, 0.3) is 5.56 Å². The SMILES string of the molecule is O=C(Cc1cc(F)cc(F)c1)Nn1c(N2CCCC2)nc2cc(Cl)c(F)cc2c1=O. The van der Waals surface area contributed by atoms with Crippen LogP contribution in [0.5, 0.6) is 0 Å². The molecule has 1 aromatic heterocycles. The Labute approximate surface area is 173 Å². The van der Waals surface area contributed by atoms with Gasteiger partial charge < -0.3 is 4.90 Å². The Morgan fingerprint density at radius 2 is 1.73 bits per heavy atom. The normalized spacial score (nSPS) is 13.8. The Morgan fingerprint density at radius 1 is 1.07 bits per heavy atom. The zero-order valence-electron chi connectivity index (χ0n) is 15.6. The van der Waals surface area contributed by atoms with Crippen LogP contribution in [0, 0.1) is 17.5 Å². The summed E-state index contributed by atoms with van der Waals surface area (Å²) in [5, 5.41) is -0.228. The Kier molecular flexibility index (Phi) is 5.38. The predicted molar refractivity (Wildman–Crippen MR) is 107 cm³/mol. The number of halogens is 4. The van der Waals surface area contributed by atoms with Crippen molar-refractivity contribution in [3.8, 4) is 0 Å². The van der Waals surface area contributed by atoms with Crippen molar-refractivity contribution in [1.82, 2.24) is 9.66 Å². The second kappa shape index (κ2) is 7.98. The van der Waals surface area contributed by atoms with Crippen molar-refractivity contribution in [3.63, 3.8) is 0 Å². The number of carbonyl (C=O) groups excluding carboxylic acids is 1. The van der Waals surface area contributed by atoms with E-state index in [2.05, 4.69) is 10.4 Å². The molecule has 1 amide bonds. The molecule has 0 radical (unpaired) electrons. The first kappa shape index (κ1) is 20.2. The third-order valence-electron chi connectivity index (χ3n) is 4.80. The summed E-state index contributed by atoms with van der Waals surface area (Å²) in [7, 11) is 0. The van der Waals surface area contributed by atoms with Crippen molar-refractivity contribution in [1.29, 1.82) is 0 Å². The molecule has 0 saturated carbocycles. The number of anilines is 1. The second-order valence-electron chi connectivity index (χ2n) is 7.02. The van der Waals surface area contributed by atoms with Gasteiger partial charge in [-0.25, -0.2) is 18.2 Å². The summed E-state index contributed by atoms with van der Waals surface area (Å²) in [6.07, 6.45) is 1.40. The molecule has 0 aliphatic carbocycles. The minimum atomic E-state index is -0.813. The molecular formula is C20H16ClF3N4O2. The van der Waals surface area contributed by atoms with Crippen molar-refractivity contribution in [2.45, 2.75) is 19.3 Å². The van der Waals surface area contributed by atoms with E-state index in [0.717, 1.165) is 35.7 Å². The molecule has 1 aliphatic heterocycles. The fraction of sp³-hybridized carbons (Fsp3) is 0.250. The molecule has 6 nitrogen and oxygen atoms in total. The zero-order chi connectivity index (χ0) is 21.4. The van der Waals surface area contributed by atoms with Gasteiger partial charge in [-0.05, 0) is 42.7 Å². The molecule has 3 aromatic rings. The van der Waals surface area contributed by atoms with Gasteiger partial charge in [-0.2, -0.15) is 4.68 Å². The Morgan fingerprint density at radius 3 is 2.40 bits per heavy atom. The van der Waals surface area contributed by atoms with Gasteiger partial charge in [0.05, 0.1) is 22.3 Å². The lowest BCUT2D eigenvalue weighted by atomic mass is 10.1. The average molecular weight is 437 g/mol. The molecule has 2 aromatic carbocycles. The van der Waals surface area contributed by atoms with Crippen LogP contribution in [0.2, 0.25) is 5.02 Å². The molecule has 1 saturated heterocycles. The quantitative estimate of drug-likeness (QED) is 0.681.